The average Bonchev–Trinajstić information content (AvgIpc) is 2.38. The van der Waals surface area contributed by atoms with Crippen molar-refractivity contribution in [2.45, 2.75) is 47.1 Å². The molecule has 0 radical (unpaired) electrons. The average molecular weight is 308 g/mol. The van der Waals surface area contributed by atoms with Crippen molar-refractivity contribution < 1.29 is 19.4 Å². The van der Waals surface area contributed by atoms with Crippen molar-refractivity contribution in [3.8, 4) is 5.75 Å². The van der Waals surface area contributed by atoms with Gasteiger partial charge in [0.2, 0.25) is 5.91 Å². The minimum atomic E-state index is -0.641. The van der Waals surface area contributed by atoms with Gasteiger partial charge in [0.1, 0.15) is 17.9 Å². The summed E-state index contributed by atoms with van der Waals surface area (Å²) < 4.78 is 5.05. The zero-order valence-corrected chi connectivity index (χ0v) is 14.0. The van der Waals surface area contributed by atoms with E-state index < -0.39 is 11.7 Å². The second-order valence-electron chi connectivity index (χ2n) is 6.24. The molecule has 0 saturated heterocycles. The summed E-state index contributed by atoms with van der Waals surface area (Å²) in [5, 5.41) is 15.0. The number of nitrogens with one attached hydrogen (secondary N) is 2. The van der Waals surface area contributed by atoms with Gasteiger partial charge in [-0.2, -0.15) is 0 Å². The number of ether oxygens (including phenoxy) is 1. The number of aryl methyl sites for hydroxylation is 1. The van der Waals surface area contributed by atoms with Crippen LogP contribution in [0.5, 0.6) is 5.75 Å². The van der Waals surface area contributed by atoms with E-state index in [1.165, 1.54) is 0 Å². The first-order valence-electron chi connectivity index (χ1n) is 7.07. The third-order valence-electron chi connectivity index (χ3n) is 3.12. The highest BCUT2D eigenvalue weighted by molar-refractivity contribution is 5.95. The van der Waals surface area contributed by atoms with E-state index in [-0.39, 0.29) is 18.2 Å². The topological polar surface area (TPSA) is 87.7 Å². The Balaban J connectivity index is 2.65. The molecule has 6 heteroatoms. The predicted octanol–water partition coefficient (Wildman–Crippen LogP) is 2.78. The van der Waals surface area contributed by atoms with Crippen LogP contribution in [0.15, 0.2) is 6.07 Å². The normalized spacial score (nSPS) is 11.0. The number of hydrogen-bond donors (Lipinski definition) is 3. The third-order valence-corrected chi connectivity index (χ3v) is 3.12. The van der Waals surface area contributed by atoms with E-state index >= 15 is 0 Å². The van der Waals surface area contributed by atoms with Crippen LogP contribution in [0.25, 0.3) is 0 Å². The maximum atomic E-state index is 11.9. The van der Waals surface area contributed by atoms with Gasteiger partial charge >= 0.3 is 6.09 Å². The maximum absolute atomic E-state index is 11.9. The monoisotopic (exact) mass is 308 g/mol. The number of amides is 2. The summed E-state index contributed by atoms with van der Waals surface area (Å²) in [6.45, 7) is 10.4. The van der Waals surface area contributed by atoms with Crippen LogP contribution in [-0.2, 0) is 9.53 Å². The smallest absolute Gasteiger partial charge is 0.408 e. The summed E-state index contributed by atoms with van der Waals surface area (Å²) >= 11 is 0. The molecule has 0 unspecified atom stereocenters. The number of carbonyl (C=O) groups is 2. The zero-order chi connectivity index (χ0) is 17.1. The predicted molar refractivity (Wildman–Crippen MR) is 85.2 cm³/mol. The number of phenolic OH excluding ortho intramolecular Hbond substituents is 1. The Morgan fingerprint density at radius 1 is 1.18 bits per heavy atom. The number of anilines is 1. The van der Waals surface area contributed by atoms with E-state index in [2.05, 4.69) is 10.6 Å². The van der Waals surface area contributed by atoms with Crippen molar-refractivity contribution in [1.29, 1.82) is 0 Å². The molecule has 2 amide bonds. The van der Waals surface area contributed by atoms with Crippen molar-refractivity contribution in [1.82, 2.24) is 5.32 Å². The summed E-state index contributed by atoms with van der Waals surface area (Å²) in [5.74, 6) is -0.138. The lowest BCUT2D eigenvalue weighted by molar-refractivity contribution is -0.115. The van der Waals surface area contributed by atoms with E-state index in [0.29, 0.717) is 11.3 Å². The number of benzene rings is 1. The first kappa shape index (κ1) is 17.8. The first-order chi connectivity index (χ1) is 10.0. The molecule has 0 aliphatic carbocycles. The molecule has 0 saturated carbocycles. The second-order valence-corrected chi connectivity index (χ2v) is 6.24. The molecular formula is C16H24N2O4. The third kappa shape index (κ3) is 4.95. The Kier molecular flexibility index (Phi) is 5.41. The Bertz CT molecular complexity index is 589. The van der Waals surface area contributed by atoms with Gasteiger partial charge in [-0.1, -0.05) is 0 Å². The Hall–Kier alpha value is -2.24. The number of hydrogen-bond acceptors (Lipinski definition) is 4. The Morgan fingerprint density at radius 3 is 2.32 bits per heavy atom. The van der Waals surface area contributed by atoms with Crippen molar-refractivity contribution >= 4 is 17.7 Å². The fourth-order valence-corrected chi connectivity index (χ4v) is 1.86. The second kappa shape index (κ2) is 6.68. The van der Waals surface area contributed by atoms with Crippen LogP contribution < -0.4 is 10.6 Å². The highest BCUT2D eigenvalue weighted by Gasteiger charge is 2.17. The van der Waals surface area contributed by atoms with Gasteiger partial charge < -0.3 is 20.5 Å². The molecule has 1 rings (SSSR count). The lowest BCUT2D eigenvalue weighted by Crippen LogP contribution is -2.37. The summed E-state index contributed by atoms with van der Waals surface area (Å²) in [6.07, 6.45) is -0.641. The summed E-state index contributed by atoms with van der Waals surface area (Å²) in [4.78, 5) is 23.4. The molecule has 122 valence electrons. The number of phenols is 1. The maximum Gasteiger partial charge on any atom is 0.408 e. The van der Waals surface area contributed by atoms with Gasteiger partial charge in [0.15, 0.2) is 0 Å². The van der Waals surface area contributed by atoms with Crippen LogP contribution in [0, 0.1) is 20.8 Å². The molecule has 0 aliphatic heterocycles. The molecule has 0 bridgehead atoms. The number of alkyl carbamates (subject to hydrolysis) is 1. The molecular weight excluding hydrogens is 284 g/mol. The Labute approximate surface area is 130 Å². The molecule has 0 fully saturated rings. The fraction of sp³-hybridized carbons (Fsp3) is 0.500. The van der Waals surface area contributed by atoms with Gasteiger partial charge in [-0.05, 0) is 64.3 Å². The van der Waals surface area contributed by atoms with Crippen molar-refractivity contribution in [2.24, 2.45) is 0 Å². The molecule has 0 aliphatic rings. The standard InChI is InChI=1S/C16H24N2O4/c1-9-7-12(10(2)11(3)14(9)20)18-13(19)8-17-15(21)22-16(4,5)6/h7,20H,8H2,1-6H3,(H,17,21)(H,18,19). The number of rotatable bonds is 3. The lowest BCUT2D eigenvalue weighted by Gasteiger charge is -2.19. The highest BCUT2D eigenvalue weighted by Crippen LogP contribution is 2.30. The van der Waals surface area contributed by atoms with Crippen molar-refractivity contribution in [3.63, 3.8) is 0 Å². The molecule has 1 aromatic rings. The van der Waals surface area contributed by atoms with E-state index in [9.17, 15) is 14.7 Å². The van der Waals surface area contributed by atoms with Crippen LogP contribution in [0.4, 0.5) is 10.5 Å². The summed E-state index contributed by atoms with van der Waals surface area (Å²) in [6, 6.07) is 1.70. The largest absolute Gasteiger partial charge is 0.507 e. The van der Waals surface area contributed by atoms with Crippen LogP contribution in [0.1, 0.15) is 37.5 Å². The summed E-state index contributed by atoms with van der Waals surface area (Å²) in [7, 11) is 0. The summed E-state index contributed by atoms with van der Waals surface area (Å²) in [5.41, 5.74) is 2.19. The zero-order valence-electron chi connectivity index (χ0n) is 14.0. The molecule has 22 heavy (non-hydrogen) atoms. The van der Waals surface area contributed by atoms with E-state index in [0.717, 1.165) is 11.1 Å². The van der Waals surface area contributed by atoms with Crippen LogP contribution in [0.2, 0.25) is 0 Å². The van der Waals surface area contributed by atoms with Gasteiger partial charge in [0.25, 0.3) is 0 Å². The molecule has 6 nitrogen and oxygen atoms in total. The Morgan fingerprint density at radius 2 is 1.77 bits per heavy atom. The first-order valence-corrected chi connectivity index (χ1v) is 7.07. The molecule has 0 atom stereocenters. The van der Waals surface area contributed by atoms with Gasteiger partial charge in [-0.15, -0.1) is 0 Å². The van der Waals surface area contributed by atoms with E-state index in [1.54, 1.807) is 40.7 Å². The van der Waals surface area contributed by atoms with Gasteiger partial charge in [0, 0.05) is 5.69 Å². The quantitative estimate of drug-likeness (QED) is 0.749. The van der Waals surface area contributed by atoms with Crippen LogP contribution in [0.3, 0.4) is 0 Å². The lowest BCUT2D eigenvalue weighted by atomic mass is 10.0. The minimum absolute atomic E-state index is 0.187. The van der Waals surface area contributed by atoms with Gasteiger partial charge in [-0.25, -0.2) is 4.79 Å². The van der Waals surface area contributed by atoms with Crippen molar-refractivity contribution in [2.75, 3.05) is 11.9 Å². The van der Waals surface area contributed by atoms with Gasteiger partial charge in [0.05, 0.1) is 0 Å². The molecule has 3 N–H and O–H groups in total. The van der Waals surface area contributed by atoms with Crippen LogP contribution >= 0.6 is 0 Å². The van der Waals surface area contributed by atoms with Crippen molar-refractivity contribution in [3.05, 3.63) is 22.8 Å². The van der Waals surface area contributed by atoms with E-state index in [4.69, 9.17) is 4.74 Å². The fourth-order valence-electron chi connectivity index (χ4n) is 1.86. The molecule has 0 aromatic heterocycles. The highest BCUT2D eigenvalue weighted by atomic mass is 16.6. The minimum Gasteiger partial charge on any atom is -0.507 e. The molecule has 0 spiro atoms. The SMILES string of the molecule is Cc1cc(NC(=O)CNC(=O)OC(C)(C)C)c(C)c(C)c1O. The number of carbonyl (C=O) groups excluding carboxylic acids is 2. The van der Waals surface area contributed by atoms with Gasteiger partial charge in [-0.3, -0.25) is 4.79 Å². The van der Waals surface area contributed by atoms with Crippen LogP contribution in [-0.4, -0.2) is 29.3 Å². The molecule has 1 aromatic carbocycles. The van der Waals surface area contributed by atoms with E-state index in [1.807, 2.05) is 6.92 Å². The number of aromatic hydroxyl groups is 1. The molecule has 0 heterocycles.